The molecule has 1 fully saturated rings. The summed E-state index contributed by atoms with van der Waals surface area (Å²) in [6.45, 7) is 4.64. The summed E-state index contributed by atoms with van der Waals surface area (Å²) in [7, 11) is 1.67. The summed E-state index contributed by atoms with van der Waals surface area (Å²) in [5.41, 5.74) is 0. The van der Waals surface area contributed by atoms with Gasteiger partial charge in [-0.25, -0.2) is 0 Å². The largest absolute Gasteiger partial charge is 0.462 e. The predicted octanol–water partition coefficient (Wildman–Crippen LogP) is 1.70. The monoisotopic (exact) mass is 291 g/mol. The van der Waals surface area contributed by atoms with Gasteiger partial charge in [-0.2, -0.15) is 5.10 Å². The quantitative estimate of drug-likeness (QED) is 0.811. The Balaban J connectivity index is 1.65. The van der Waals surface area contributed by atoms with E-state index in [0.717, 1.165) is 37.8 Å². The Bertz CT molecular complexity index is 538. The molecule has 0 aliphatic carbocycles. The van der Waals surface area contributed by atoms with Crippen LogP contribution in [-0.2, 0) is 22.6 Å². The van der Waals surface area contributed by atoms with E-state index in [2.05, 4.69) is 10.00 Å². The topological polar surface area (TPSA) is 52.7 Å². The lowest BCUT2D eigenvalue weighted by Gasteiger charge is -2.34. The molecule has 6 heteroatoms. The highest BCUT2D eigenvalue weighted by molar-refractivity contribution is 5.11. The molecule has 0 radical (unpaired) electrons. The second kappa shape index (κ2) is 6.89. The lowest BCUT2D eigenvalue weighted by Crippen LogP contribution is -2.41. The Kier molecular flexibility index (Phi) is 4.69. The molecule has 1 saturated heterocycles. The summed E-state index contributed by atoms with van der Waals surface area (Å²) in [6.07, 6.45) is 3.79. The zero-order chi connectivity index (χ0) is 14.5. The van der Waals surface area contributed by atoms with Crippen LogP contribution in [0.1, 0.15) is 17.6 Å². The van der Waals surface area contributed by atoms with Gasteiger partial charge in [0.2, 0.25) is 0 Å². The molecule has 0 N–H and O–H groups in total. The molecular weight excluding hydrogens is 270 g/mol. The Hall–Kier alpha value is -1.63. The van der Waals surface area contributed by atoms with Crippen LogP contribution in [0.15, 0.2) is 35.0 Å². The fourth-order valence-corrected chi connectivity index (χ4v) is 2.62. The molecule has 0 spiro atoms. The molecule has 1 unspecified atom stereocenters. The number of hydrogen-bond acceptors (Lipinski definition) is 5. The van der Waals surface area contributed by atoms with Crippen molar-refractivity contribution in [1.82, 2.24) is 14.7 Å². The third-order valence-electron chi connectivity index (χ3n) is 3.71. The highest BCUT2D eigenvalue weighted by Gasteiger charge is 2.27. The molecule has 114 valence electrons. The van der Waals surface area contributed by atoms with Gasteiger partial charge in [0.05, 0.1) is 25.8 Å². The first kappa shape index (κ1) is 14.3. The maximum absolute atomic E-state index is 5.86. The summed E-state index contributed by atoms with van der Waals surface area (Å²) >= 11 is 0. The fraction of sp³-hybridized carbons (Fsp3) is 0.533. The SMILES string of the molecule is COCc1ccc(C2COCCN2CCn2cccn2)o1. The molecule has 2 aromatic rings. The molecule has 3 rings (SSSR count). The van der Waals surface area contributed by atoms with Gasteiger partial charge >= 0.3 is 0 Å². The molecule has 0 bridgehead atoms. The molecule has 2 aromatic heterocycles. The average Bonchev–Trinajstić information content (AvgIpc) is 3.17. The summed E-state index contributed by atoms with van der Waals surface area (Å²) in [5.74, 6) is 1.80. The number of aromatic nitrogens is 2. The molecule has 1 aliphatic rings. The van der Waals surface area contributed by atoms with Crippen molar-refractivity contribution < 1.29 is 13.9 Å². The number of morpholine rings is 1. The highest BCUT2D eigenvalue weighted by Crippen LogP contribution is 2.26. The zero-order valence-electron chi connectivity index (χ0n) is 12.3. The van der Waals surface area contributed by atoms with E-state index in [9.17, 15) is 0 Å². The van der Waals surface area contributed by atoms with Crippen molar-refractivity contribution in [2.45, 2.75) is 19.2 Å². The van der Waals surface area contributed by atoms with E-state index in [1.54, 1.807) is 13.3 Å². The van der Waals surface area contributed by atoms with Crippen molar-refractivity contribution in [3.05, 3.63) is 42.1 Å². The van der Waals surface area contributed by atoms with Crippen LogP contribution in [0, 0.1) is 0 Å². The number of nitrogens with zero attached hydrogens (tertiary/aromatic N) is 3. The number of rotatable bonds is 6. The van der Waals surface area contributed by atoms with Crippen molar-refractivity contribution in [3.63, 3.8) is 0 Å². The van der Waals surface area contributed by atoms with Crippen LogP contribution in [-0.4, -0.2) is 48.1 Å². The van der Waals surface area contributed by atoms with Crippen LogP contribution in [0.25, 0.3) is 0 Å². The smallest absolute Gasteiger partial charge is 0.129 e. The van der Waals surface area contributed by atoms with E-state index in [4.69, 9.17) is 13.9 Å². The van der Waals surface area contributed by atoms with Crippen molar-refractivity contribution >= 4 is 0 Å². The summed E-state index contributed by atoms with van der Waals surface area (Å²) < 4.78 is 18.5. The predicted molar refractivity (Wildman–Crippen MR) is 76.8 cm³/mol. The number of hydrogen-bond donors (Lipinski definition) is 0. The lowest BCUT2D eigenvalue weighted by molar-refractivity contribution is -0.0186. The fourth-order valence-electron chi connectivity index (χ4n) is 2.62. The number of ether oxygens (including phenoxy) is 2. The Labute approximate surface area is 124 Å². The molecule has 1 atom stereocenters. The van der Waals surface area contributed by atoms with Gasteiger partial charge < -0.3 is 13.9 Å². The van der Waals surface area contributed by atoms with E-state index in [-0.39, 0.29) is 6.04 Å². The second-order valence-electron chi connectivity index (χ2n) is 5.13. The van der Waals surface area contributed by atoms with Gasteiger partial charge in [-0.3, -0.25) is 9.58 Å². The van der Waals surface area contributed by atoms with Crippen molar-refractivity contribution in [1.29, 1.82) is 0 Å². The minimum absolute atomic E-state index is 0.167. The van der Waals surface area contributed by atoms with Gasteiger partial charge in [0.1, 0.15) is 18.1 Å². The van der Waals surface area contributed by atoms with Gasteiger partial charge in [-0.05, 0) is 18.2 Å². The van der Waals surface area contributed by atoms with Gasteiger partial charge in [-0.15, -0.1) is 0 Å². The molecule has 21 heavy (non-hydrogen) atoms. The lowest BCUT2D eigenvalue weighted by atomic mass is 10.2. The van der Waals surface area contributed by atoms with Crippen molar-refractivity contribution in [3.8, 4) is 0 Å². The molecule has 0 saturated carbocycles. The van der Waals surface area contributed by atoms with Crippen LogP contribution >= 0.6 is 0 Å². The summed E-state index contributed by atoms with van der Waals surface area (Å²) in [5, 5.41) is 4.25. The summed E-state index contributed by atoms with van der Waals surface area (Å²) in [4.78, 5) is 2.39. The Morgan fingerprint density at radius 2 is 2.33 bits per heavy atom. The third kappa shape index (κ3) is 3.53. The van der Waals surface area contributed by atoms with E-state index in [1.165, 1.54) is 0 Å². The first-order valence-corrected chi connectivity index (χ1v) is 7.23. The molecule has 0 aromatic carbocycles. The van der Waals surface area contributed by atoms with Crippen molar-refractivity contribution in [2.24, 2.45) is 0 Å². The minimum Gasteiger partial charge on any atom is -0.462 e. The van der Waals surface area contributed by atoms with Crippen LogP contribution in [0.5, 0.6) is 0 Å². The number of furan rings is 1. The van der Waals surface area contributed by atoms with Crippen LogP contribution in [0.4, 0.5) is 0 Å². The van der Waals surface area contributed by atoms with Crippen molar-refractivity contribution in [2.75, 3.05) is 33.4 Å². The molecule has 3 heterocycles. The normalized spacial score (nSPS) is 20.0. The molecule has 1 aliphatic heterocycles. The maximum Gasteiger partial charge on any atom is 0.129 e. The van der Waals surface area contributed by atoms with Crippen LogP contribution in [0.2, 0.25) is 0 Å². The maximum atomic E-state index is 5.86. The molecule has 6 nitrogen and oxygen atoms in total. The number of methoxy groups -OCH3 is 1. The summed E-state index contributed by atoms with van der Waals surface area (Å²) in [6, 6.07) is 6.11. The standard InChI is InChI=1S/C15H21N3O3/c1-19-11-13-3-4-15(21-13)14-12-20-10-9-17(14)7-8-18-6-2-5-16-18/h2-6,14H,7-12H2,1H3. The van der Waals surface area contributed by atoms with Gasteiger partial charge in [0.15, 0.2) is 0 Å². The van der Waals surface area contributed by atoms with Gasteiger partial charge in [-0.1, -0.05) is 0 Å². The molecular formula is C15H21N3O3. The first-order chi connectivity index (χ1) is 10.4. The Morgan fingerprint density at radius 3 is 3.14 bits per heavy atom. The van der Waals surface area contributed by atoms with Crippen LogP contribution < -0.4 is 0 Å². The third-order valence-corrected chi connectivity index (χ3v) is 3.71. The average molecular weight is 291 g/mol. The molecule has 0 amide bonds. The second-order valence-corrected chi connectivity index (χ2v) is 5.13. The van der Waals surface area contributed by atoms with Gasteiger partial charge in [0.25, 0.3) is 0 Å². The zero-order valence-corrected chi connectivity index (χ0v) is 12.3. The van der Waals surface area contributed by atoms with E-state index in [1.807, 2.05) is 29.1 Å². The highest BCUT2D eigenvalue weighted by atomic mass is 16.5. The van der Waals surface area contributed by atoms with Gasteiger partial charge in [0, 0.05) is 32.6 Å². The Morgan fingerprint density at radius 1 is 1.38 bits per heavy atom. The van der Waals surface area contributed by atoms with E-state index >= 15 is 0 Å². The van der Waals surface area contributed by atoms with E-state index in [0.29, 0.717) is 13.2 Å². The minimum atomic E-state index is 0.167. The first-order valence-electron chi connectivity index (χ1n) is 7.23. The van der Waals surface area contributed by atoms with Crippen LogP contribution in [0.3, 0.4) is 0 Å². The van der Waals surface area contributed by atoms with E-state index < -0.39 is 0 Å².